The molecule has 11 heteroatoms. The maximum Gasteiger partial charge on any atom is 0.387 e. The Hall–Kier alpha value is -3.02. The minimum absolute atomic E-state index is 0.0285. The summed E-state index contributed by atoms with van der Waals surface area (Å²) in [4.78, 5) is 13.3. The minimum Gasteiger partial charge on any atom is -0.435 e. The van der Waals surface area contributed by atoms with E-state index in [2.05, 4.69) is 14.4 Å². The van der Waals surface area contributed by atoms with Crippen LogP contribution in [0.5, 0.6) is 5.75 Å². The van der Waals surface area contributed by atoms with Crippen molar-refractivity contribution in [1.82, 2.24) is 10.2 Å². The molecule has 3 rings (SSSR count). The first-order valence-electron chi connectivity index (χ1n) is 9.82. The molecule has 0 unspecified atom stereocenters. The maximum absolute atomic E-state index is 12.6. The van der Waals surface area contributed by atoms with E-state index in [0.29, 0.717) is 25.9 Å². The second kappa shape index (κ2) is 10.5. The van der Waals surface area contributed by atoms with Gasteiger partial charge in [-0.2, -0.15) is 8.78 Å². The van der Waals surface area contributed by atoms with Gasteiger partial charge in [0.2, 0.25) is 10.0 Å². The highest BCUT2D eigenvalue weighted by molar-refractivity contribution is 7.89. The van der Waals surface area contributed by atoms with Gasteiger partial charge in [-0.3, -0.25) is 10.0 Å². The van der Waals surface area contributed by atoms with Gasteiger partial charge in [-0.15, -0.1) is 0 Å². The van der Waals surface area contributed by atoms with Crippen LogP contribution in [-0.4, -0.2) is 45.3 Å². The van der Waals surface area contributed by atoms with Gasteiger partial charge in [-0.25, -0.2) is 18.6 Å². The molecule has 1 aliphatic heterocycles. The maximum atomic E-state index is 12.6. The number of amides is 1. The molecule has 1 saturated heterocycles. The molecular weight excluding hydrogens is 444 g/mol. The molecular formula is C21H23F2N3O5S. The summed E-state index contributed by atoms with van der Waals surface area (Å²) in [6.07, 6.45) is 3.93. The van der Waals surface area contributed by atoms with E-state index < -0.39 is 22.5 Å². The molecule has 1 heterocycles. The number of piperidine rings is 1. The normalized spacial score (nSPS) is 15.3. The molecule has 0 radical (unpaired) electrons. The van der Waals surface area contributed by atoms with Gasteiger partial charge in [0.15, 0.2) is 0 Å². The third-order valence-electron chi connectivity index (χ3n) is 4.98. The number of benzene rings is 2. The van der Waals surface area contributed by atoms with Gasteiger partial charge in [0.25, 0.3) is 5.91 Å². The predicted molar refractivity (Wildman–Crippen MR) is 114 cm³/mol. The van der Waals surface area contributed by atoms with Crippen molar-refractivity contribution in [2.75, 3.05) is 18.0 Å². The molecule has 1 amide bonds. The fourth-order valence-corrected chi connectivity index (χ4v) is 4.75. The number of ether oxygens (including phenoxy) is 1. The smallest absolute Gasteiger partial charge is 0.387 e. The summed E-state index contributed by atoms with van der Waals surface area (Å²) in [6, 6.07) is 12.0. The van der Waals surface area contributed by atoms with Gasteiger partial charge in [0, 0.05) is 30.9 Å². The summed E-state index contributed by atoms with van der Waals surface area (Å²) in [5.41, 5.74) is 3.23. The van der Waals surface area contributed by atoms with Gasteiger partial charge in [-0.05, 0) is 54.8 Å². The molecule has 172 valence electrons. The number of para-hydroxylation sites is 1. The second-order valence-corrected chi connectivity index (χ2v) is 8.81. The number of carbonyl (C=O) groups is 1. The fourth-order valence-electron chi connectivity index (χ4n) is 3.45. The zero-order chi connectivity index (χ0) is 23.1. The summed E-state index contributed by atoms with van der Waals surface area (Å²) in [5.74, 6) is -0.752. The van der Waals surface area contributed by atoms with Crippen LogP contribution in [0, 0.1) is 0 Å². The minimum atomic E-state index is -3.81. The van der Waals surface area contributed by atoms with E-state index in [1.807, 2.05) is 24.3 Å². The Kier molecular flexibility index (Phi) is 7.78. The van der Waals surface area contributed by atoms with Gasteiger partial charge < -0.3 is 9.64 Å². The van der Waals surface area contributed by atoms with Gasteiger partial charge in [0.1, 0.15) is 5.75 Å². The number of nitrogens with one attached hydrogen (secondary N) is 2. The third-order valence-corrected chi connectivity index (χ3v) is 6.51. The number of halogens is 2. The van der Waals surface area contributed by atoms with Crippen molar-refractivity contribution in [2.45, 2.75) is 30.4 Å². The lowest BCUT2D eigenvalue weighted by molar-refractivity contribution is -0.124. The first-order chi connectivity index (χ1) is 15.3. The van der Waals surface area contributed by atoms with E-state index in [-0.39, 0.29) is 16.7 Å². The Morgan fingerprint density at radius 2 is 1.78 bits per heavy atom. The van der Waals surface area contributed by atoms with Crippen molar-refractivity contribution in [3.63, 3.8) is 0 Å². The van der Waals surface area contributed by atoms with Crippen LogP contribution in [0.3, 0.4) is 0 Å². The zero-order valence-corrected chi connectivity index (χ0v) is 17.8. The van der Waals surface area contributed by atoms with E-state index in [1.165, 1.54) is 30.3 Å². The summed E-state index contributed by atoms with van der Waals surface area (Å²) in [5, 5.41) is 8.63. The van der Waals surface area contributed by atoms with Crippen molar-refractivity contribution in [3.05, 3.63) is 60.2 Å². The summed E-state index contributed by atoms with van der Waals surface area (Å²) >= 11 is 0. The number of sulfonamides is 1. The molecule has 2 aromatic rings. The van der Waals surface area contributed by atoms with Crippen LogP contribution in [0.25, 0.3) is 6.08 Å². The van der Waals surface area contributed by atoms with Crippen molar-refractivity contribution in [2.24, 2.45) is 0 Å². The molecule has 0 saturated carbocycles. The van der Waals surface area contributed by atoms with Gasteiger partial charge in [0.05, 0.1) is 4.90 Å². The largest absolute Gasteiger partial charge is 0.435 e. The van der Waals surface area contributed by atoms with Crippen molar-refractivity contribution < 1.29 is 31.9 Å². The van der Waals surface area contributed by atoms with Crippen LogP contribution in [0.2, 0.25) is 0 Å². The molecule has 2 aromatic carbocycles. The standard InChI is InChI=1S/C21H23F2N3O5S/c22-21(23)31-17-6-8-18(9-7-17)32(29,30)25-16-11-13-26(14-12-16)19-4-2-1-3-15(19)5-10-20(27)24-28/h1-10,16,21,25,28H,11-14H2,(H,24,27)/b10-5+. The topological polar surface area (TPSA) is 108 Å². The molecule has 0 atom stereocenters. The summed E-state index contributed by atoms with van der Waals surface area (Å²) in [6.45, 7) is -1.80. The van der Waals surface area contributed by atoms with E-state index in [9.17, 15) is 22.0 Å². The van der Waals surface area contributed by atoms with Crippen LogP contribution in [0.1, 0.15) is 18.4 Å². The monoisotopic (exact) mass is 467 g/mol. The first-order valence-corrected chi connectivity index (χ1v) is 11.3. The Labute approximate surface area is 184 Å². The number of rotatable bonds is 8. The lowest BCUT2D eigenvalue weighted by atomic mass is 10.0. The Bertz CT molecular complexity index is 1050. The van der Waals surface area contributed by atoms with Crippen molar-refractivity contribution >= 4 is 27.7 Å². The molecule has 0 bridgehead atoms. The third kappa shape index (κ3) is 6.25. The molecule has 8 nitrogen and oxygen atoms in total. The molecule has 1 aliphatic rings. The number of anilines is 1. The van der Waals surface area contributed by atoms with E-state index in [4.69, 9.17) is 5.21 Å². The average Bonchev–Trinajstić information content (AvgIpc) is 2.78. The highest BCUT2D eigenvalue weighted by Crippen LogP contribution is 2.26. The number of carbonyl (C=O) groups excluding carboxylic acids is 1. The lowest BCUT2D eigenvalue weighted by Gasteiger charge is -2.34. The second-order valence-electron chi connectivity index (χ2n) is 7.10. The summed E-state index contributed by atoms with van der Waals surface area (Å²) in [7, 11) is -3.81. The highest BCUT2D eigenvalue weighted by Gasteiger charge is 2.25. The Morgan fingerprint density at radius 1 is 1.12 bits per heavy atom. The fraction of sp³-hybridized carbons (Fsp3) is 0.286. The molecule has 3 N–H and O–H groups in total. The first kappa shape index (κ1) is 23.6. The van der Waals surface area contributed by atoms with Crippen molar-refractivity contribution in [1.29, 1.82) is 0 Å². The molecule has 0 aliphatic carbocycles. The van der Waals surface area contributed by atoms with E-state index in [1.54, 1.807) is 11.6 Å². The number of hydrogen-bond donors (Lipinski definition) is 3. The summed E-state index contributed by atoms with van der Waals surface area (Å²) < 4.78 is 56.7. The number of alkyl halides is 2. The molecule has 32 heavy (non-hydrogen) atoms. The highest BCUT2D eigenvalue weighted by atomic mass is 32.2. The van der Waals surface area contributed by atoms with Crippen LogP contribution in [0.4, 0.5) is 14.5 Å². The van der Waals surface area contributed by atoms with Gasteiger partial charge in [-0.1, -0.05) is 18.2 Å². The SMILES string of the molecule is O=C(/C=C/c1ccccc1N1CCC(NS(=O)(=O)c2ccc(OC(F)F)cc2)CC1)NO. The lowest BCUT2D eigenvalue weighted by Crippen LogP contribution is -2.44. The van der Waals surface area contributed by atoms with Crippen LogP contribution in [0.15, 0.2) is 59.5 Å². The average molecular weight is 467 g/mol. The van der Waals surface area contributed by atoms with Gasteiger partial charge >= 0.3 is 6.61 Å². The predicted octanol–water partition coefficient (Wildman–Crippen LogP) is 2.75. The number of hydroxylamine groups is 1. The number of nitrogens with zero attached hydrogens (tertiary/aromatic N) is 1. The number of hydrogen-bond acceptors (Lipinski definition) is 6. The molecule has 1 fully saturated rings. The Morgan fingerprint density at radius 3 is 2.41 bits per heavy atom. The van der Waals surface area contributed by atoms with Crippen LogP contribution in [-0.2, 0) is 14.8 Å². The van der Waals surface area contributed by atoms with E-state index >= 15 is 0 Å². The van der Waals surface area contributed by atoms with E-state index in [0.717, 1.165) is 11.3 Å². The zero-order valence-electron chi connectivity index (χ0n) is 16.9. The molecule has 0 spiro atoms. The Balaban J connectivity index is 1.62. The molecule has 0 aromatic heterocycles. The van der Waals surface area contributed by atoms with Crippen LogP contribution >= 0.6 is 0 Å². The quantitative estimate of drug-likeness (QED) is 0.313. The van der Waals surface area contributed by atoms with Crippen LogP contribution < -0.4 is 19.8 Å². The van der Waals surface area contributed by atoms with Crippen molar-refractivity contribution in [3.8, 4) is 5.75 Å².